The highest BCUT2D eigenvalue weighted by atomic mass is 35.5. The van der Waals surface area contributed by atoms with Gasteiger partial charge in [0, 0.05) is 28.7 Å². The minimum atomic E-state index is -3.75. The fourth-order valence-corrected chi connectivity index (χ4v) is 10.7. The van der Waals surface area contributed by atoms with Gasteiger partial charge in [0.15, 0.2) is 15.7 Å². The maximum absolute atomic E-state index is 15.6. The summed E-state index contributed by atoms with van der Waals surface area (Å²) in [6.07, 6.45) is -5.85. The number of fused-ring (bicyclic) bond motifs is 4. The Balaban J connectivity index is 1.21. The number of amides is 1. The predicted octanol–water partition coefficient (Wildman–Crippen LogP) is 8.80. The van der Waals surface area contributed by atoms with Crippen molar-refractivity contribution in [1.29, 1.82) is 0 Å². The number of halogens is 9. The van der Waals surface area contributed by atoms with Crippen molar-refractivity contribution in [2.24, 2.45) is 5.92 Å². The molecule has 0 radical (unpaired) electrons. The van der Waals surface area contributed by atoms with E-state index in [4.69, 9.17) is 21.0 Å². The lowest BCUT2D eigenvalue weighted by molar-refractivity contribution is -0.123. The van der Waals surface area contributed by atoms with Gasteiger partial charge in [0.2, 0.25) is 11.8 Å². The molecule has 0 spiro atoms. The molecule has 364 valence electrons. The Morgan fingerprint density at radius 1 is 0.986 bits per heavy atom. The zero-order chi connectivity index (χ0) is 49.7. The number of carbonyl (C=O) groups excluding carboxylic acids is 1. The number of nitrogens with one attached hydrogen (secondary N) is 2. The second kappa shape index (κ2) is 17.1. The number of alkyl halides is 6. The van der Waals surface area contributed by atoms with Crippen LogP contribution < -0.4 is 10.6 Å². The summed E-state index contributed by atoms with van der Waals surface area (Å²) in [6, 6.07) is 6.28. The van der Waals surface area contributed by atoms with E-state index in [0.29, 0.717) is 23.6 Å². The molecule has 6 aromatic rings. The molecule has 4 aromatic heterocycles. The van der Waals surface area contributed by atoms with Crippen molar-refractivity contribution < 1.29 is 57.9 Å². The summed E-state index contributed by atoms with van der Waals surface area (Å²) in [5.41, 5.74) is -3.85. The highest BCUT2D eigenvalue weighted by Gasteiger charge is 2.67. The fourth-order valence-electron chi connectivity index (χ4n) is 8.72. The lowest BCUT2D eigenvalue weighted by atomic mass is 9.93. The third-order valence-corrected chi connectivity index (χ3v) is 15.4. The van der Waals surface area contributed by atoms with Crippen LogP contribution in [0.4, 0.5) is 47.0 Å². The molecule has 9 rings (SSSR count). The van der Waals surface area contributed by atoms with Crippen molar-refractivity contribution in [3.05, 3.63) is 98.9 Å². The number of rotatable bonds is 15. The number of benzene rings is 2. The number of hydrogen-bond donors (Lipinski definition) is 3. The number of pyridine rings is 1. The third-order valence-electron chi connectivity index (χ3n) is 12.2. The first kappa shape index (κ1) is 47.9. The van der Waals surface area contributed by atoms with Crippen LogP contribution in [-0.2, 0) is 45.7 Å². The summed E-state index contributed by atoms with van der Waals surface area (Å²) in [5, 5.41) is 31.0. The zero-order valence-electron chi connectivity index (χ0n) is 36.8. The predicted molar refractivity (Wildman–Crippen MR) is 233 cm³/mol. The van der Waals surface area contributed by atoms with Gasteiger partial charge in [0.05, 0.1) is 32.9 Å². The number of hydrogen-bond acceptors (Lipinski definition) is 11. The van der Waals surface area contributed by atoms with Crippen LogP contribution in [0.3, 0.4) is 0 Å². The highest BCUT2D eigenvalue weighted by molar-refractivity contribution is 7.93. The van der Waals surface area contributed by atoms with Crippen LogP contribution in [0.1, 0.15) is 105 Å². The van der Waals surface area contributed by atoms with Gasteiger partial charge in [-0.05, 0) is 101 Å². The summed E-state index contributed by atoms with van der Waals surface area (Å²) in [4.78, 5) is 19.0. The minimum Gasteiger partial charge on any atom is -0.405 e. The molecule has 2 saturated carbocycles. The quantitative estimate of drug-likeness (QED) is 0.0661. The van der Waals surface area contributed by atoms with Crippen LogP contribution >= 0.6 is 11.6 Å². The number of aromatic nitrogens is 7. The zero-order valence-corrected chi connectivity index (χ0v) is 38.3. The average molecular weight is 1010 g/mol. The first-order chi connectivity index (χ1) is 32.3. The summed E-state index contributed by atoms with van der Waals surface area (Å²) in [7, 11) is -3.75. The summed E-state index contributed by atoms with van der Waals surface area (Å²) in [6.45, 7) is 3.56. The molecule has 1 unspecified atom stereocenters. The Morgan fingerprint density at radius 3 is 2.32 bits per heavy atom. The number of sulfone groups is 1. The molecule has 69 heavy (non-hydrogen) atoms. The molecule has 0 aliphatic heterocycles. The van der Waals surface area contributed by atoms with Crippen molar-refractivity contribution in [1.82, 2.24) is 40.1 Å². The van der Waals surface area contributed by atoms with Crippen molar-refractivity contribution in [2.45, 2.75) is 113 Å². The van der Waals surface area contributed by atoms with Crippen molar-refractivity contribution >= 4 is 50.1 Å². The molecule has 3 aliphatic rings. The largest absolute Gasteiger partial charge is 0.405 e. The molecule has 2 fully saturated rings. The van der Waals surface area contributed by atoms with Crippen LogP contribution in [0.2, 0.25) is 5.02 Å². The number of nitrogens with zero attached hydrogens (tertiary/aromatic N) is 7. The van der Waals surface area contributed by atoms with E-state index < -0.39 is 111 Å². The van der Waals surface area contributed by atoms with E-state index in [1.54, 1.807) is 0 Å². The number of carbonyl (C=O) groups is 1. The Bertz CT molecular complexity index is 3210. The SMILES string of the molecule is CC(C)(O)c1nnc(Nc2nn(CC(F)F)c3c(-c4ccc(C#CC(C)(C)S(=O)(=O)C5CC5)nc4[C@H](Cc4cc(F)cc(F)c4)NC(=O)Cn4nc(C(F)F)c5c4C(F)(F)C4C[C@H]54)ccc(Cl)c23)o1. The van der Waals surface area contributed by atoms with Crippen LogP contribution in [0, 0.1) is 29.4 Å². The summed E-state index contributed by atoms with van der Waals surface area (Å²) >= 11 is 6.76. The van der Waals surface area contributed by atoms with Crippen LogP contribution in [-0.4, -0.2) is 70.6 Å². The lowest BCUT2D eigenvalue weighted by Crippen LogP contribution is -2.35. The minimum absolute atomic E-state index is 0.0220. The molecule has 4 heterocycles. The van der Waals surface area contributed by atoms with Gasteiger partial charge in [-0.3, -0.25) is 19.5 Å². The van der Waals surface area contributed by atoms with Gasteiger partial charge in [-0.25, -0.2) is 39.7 Å². The number of aliphatic hydroxyl groups is 1. The molecule has 3 atom stereocenters. The van der Waals surface area contributed by atoms with E-state index in [1.165, 1.54) is 52.0 Å². The second-order valence-electron chi connectivity index (χ2n) is 18.3. The van der Waals surface area contributed by atoms with E-state index in [2.05, 4.69) is 42.9 Å². The maximum Gasteiger partial charge on any atom is 0.321 e. The number of anilines is 2. The molecule has 3 aliphatic carbocycles. The first-order valence-electron chi connectivity index (χ1n) is 21.4. The van der Waals surface area contributed by atoms with Crippen molar-refractivity contribution in [3.63, 3.8) is 0 Å². The van der Waals surface area contributed by atoms with Gasteiger partial charge in [-0.15, -0.1) is 5.10 Å². The average Bonchev–Trinajstić information content (AvgIpc) is 4.12. The fraction of sp³-hybridized carbons (Fsp3) is 0.422. The van der Waals surface area contributed by atoms with Crippen LogP contribution in [0.5, 0.6) is 0 Å². The smallest absolute Gasteiger partial charge is 0.321 e. The van der Waals surface area contributed by atoms with E-state index in [1.807, 2.05) is 0 Å². The standard InChI is InChI=1S/C45H40ClF8N9O5S/c1-43(2,69(66,67)24-6-7-24)12-11-23-5-8-25(26-9-10-29(46)34-37(26)62(18-31(49)50)61-40(34)57-42-59-58-41(68-42)44(3,4)65)35(55-23)30(15-20-13-21(47)16-22(48)14-20)56-32(64)19-63-38-33(36(60-63)39(51)52)27-17-28(27)45(38,53)54/h5,8-10,13-14,16,24,27-28,30-31,39,65H,6-7,15,17-19H2,1-4H3,(H,56,64)(H,57,59,61)/t27-,28?,30-/m0/s1. The first-order valence-corrected chi connectivity index (χ1v) is 23.4. The normalized spacial score (nSPS) is 18.0. The van der Waals surface area contributed by atoms with Crippen LogP contribution in [0.15, 0.2) is 46.9 Å². The van der Waals surface area contributed by atoms with Gasteiger partial charge in [-0.1, -0.05) is 28.7 Å². The molecule has 2 aromatic carbocycles. The van der Waals surface area contributed by atoms with Gasteiger partial charge in [0.1, 0.15) is 52.2 Å². The Labute approximate surface area is 392 Å². The molecular formula is C45H40ClF8N9O5S. The molecule has 24 heteroatoms. The van der Waals surface area contributed by atoms with E-state index in [0.717, 1.165) is 16.8 Å². The molecule has 1 amide bonds. The molecular weight excluding hydrogens is 966 g/mol. The lowest BCUT2D eigenvalue weighted by Gasteiger charge is -2.23. The summed E-state index contributed by atoms with van der Waals surface area (Å²) in [5.74, 6) is -3.63. The topological polar surface area (TPSA) is 183 Å². The second-order valence-corrected chi connectivity index (χ2v) is 21.4. The van der Waals surface area contributed by atoms with Gasteiger partial charge < -0.3 is 14.8 Å². The van der Waals surface area contributed by atoms with Gasteiger partial charge in [0.25, 0.3) is 18.8 Å². The Kier molecular flexibility index (Phi) is 11.9. The monoisotopic (exact) mass is 1010 g/mol. The maximum atomic E-state index is 15.6. The van der Waals surface area contributed by atoms with Crippen molar-refractivity contribution in [3.8, 4) is 23.0 Å². The molecule has 0 bridgehead atoms. The van der Waals surface area contributed by atoms with Crippen LogP contribution in [0.25, 0.3) is 22.0 Å². The molecule has 14 nitrogen and oxygen atoms in total. The van der Waals surface area contributed by atoms with E-state index >= 15 is 8.78 Å². The van der Waals surface area contributed by atoms with Gasteiger partial charge in [-0.2, -0.15) is 19.0 Å². The Hall–Kier alpha value is -6.12. The van der Waals surface area contributed by atoms with E-state index in [9.17, 15) is 44.7 Å². The van der Waals surface area contributed by atoms with Crippen molar-refractivity contribution in [2.75, 3.05) is 5.32 Å². The van der Waals surface area contributed by atoms with Gasteiger partial charge >= 0.3 is 6.01 Å². The molecule has 3 N–H and O–H groups in total. The highest BCUT2D eigenvalue weighted by Crippen LogP contribution is 2.68. The third kappa shape index (κ3) is 9.02. The Morgan fingerprint density at radius 2 is 1.68 bits per heavy atom. The molecule has 0 saturated heterocycles. The van der Waals surface area contributed by atoms with E-state index in [-0.39, 0.29) is 73.7 Å². The summed E-state index contributed by atoms with van der Waals surface area (Å²) < 4.78 is 150.